The Bertz CT molecular complexity index is 1750. The molecule has 14 nitrogen and oxygen atoms in total. The minimum Gasteiger partial charge on any atom is -0.394 e. The van der Waals surface area contributed by atoms with Crippen molar-refractivity contribution in [3.63, 3.8) is 0 Å². The lowest BCUT2D eigenvalue weighted by atomic mass is 9.97. The minimum atomic E-state index is -1.79. The van der Waals surface area contributed by atoms with Gasteiger partial charge >= 0.3 is 0 Å². The molecule has 96 heavy (non-hydrogen) atoms. The van der Waals surface area contributed by atoms with Crippen LogP contribution >= 0.6 is 0 Å². The molecule has 0 aromatic heterocycles. The largest absolute Gasteiger partial charge is 0.394 e. The van der Waals surface area contributed by atoms with E-state index in [1.807, 2.05) is 6.08 Å². The molecule has 0 spiro atoms. The van der Waals surface area contributed by atoms with Crippen molar-refractivity contribution in [2.24, 2.45) is 0 Å². The SMILES string of the molecule is CCCCCCCCCCCCCCCCCCC/C=C/CC/C=C/CC/C=C/C(O)C(COC1OC(CO)C(OC2OC(CO)C(O)C(O)C2O)C(O)C1O)NC(=O)CCCCCCCCCCCCCCCCCCCCCCCCCCCCCCCCCCCCC. The maximum absolute atomic E-state index is 13.4. The van der Waals surface area contributed by atoms with Crippen LogP contribution in [0.3, 0.4) is 0 Å². The molecule has 0 bridgehead atoms. The lowest BCUT2D eigenvalue weighted by Crippen LogP contribution is -2.65. The van der Waals surface area contributed by atoms with E-state index in [-0.39, 0.29) is 18.9 Å². The van der Waals surface area contributed by atoms with Crippen molar-refractivity contribution in [1.82, 2.24) is 5.32 Å². The van der Waals surface area contributed by atoms with E-state index in [1.54, 1.807) is 6.08 Å². The van der Waals surface area contributed by atoms with E-state index in [0.717, 1.165) is 44.9 Å². The predicted molar refractivity (Wildman–Crippen MR) is 397 cm³/mol. The minimum absolute atomic E-state index is 0.245. The third-order valence-electron chi connectivity index (χ3n) is 20.3. The van der Waals surface area contributed by atoms with E-state index >= 15 is 0 Å². The molecule has 2 aliphatic rings. The highest BCUT2D eigenvalue weighted by molar-refractivity contribution is 5.76. The Kier molecular flexibility index (Phi) is 62.5. The summed E-state index contributed by atoms with van der Waals surface area (Å²) in [5.41, 5.74) is 0. The first-order valence-electron chi connectivity index (χ1n) is 41.2. The molecule has 2 heterocycles. The summed E-state index contributed by atoms with van der Waals surface area (Å²) in [4.78, 5) is 13.4. The summed E-state index contributed by atoms with van der Waals surface area (Å²) >= 11 is 0. The van der Waals surface area contributed by atoms with E-state index in [9.17, 15) is 45.6 Å². The van der Waals surface area contributed by atoms with Crippen LogP contribution in [0.15, 0.2) is 36.5 Å². The number of amides is 1. The second kappa shape index (κ2) is 66.4. The molecular formula is C82H155NO13. The summed E-state index contributed by atoms with van der Waals surface area (Å²) in [6.45, 7) is 2.85. The highest BCUT2D eigenvalue weighted by Crippen LogP contribution is 2.30. The number of aliphatic hydroxyl groups excluding tert-OH is 8. The van der Waals surface area contributed by atoms with Gasteiger partial charge in [0, 0.05) is 6.42 Å². The number of carbonyl (C=O) groups is 1. The first-order valence-corrected chi connectivity index (χ1v) is 41.2. The van der Waals surface area contributed by atoms with Gasteiger partial charge in [-0.05, 0) is 44.9 Å². The van der Waals surface area contributed by atoms with E-state index in [0.29, 0.717) is 12.8 Å². The second-order valence-corrected chi connectivity index (χ2v) is 29.2. The van der Waals surface area contributed by atoms with Crippen molar-refractivity contribution in [1.29, 1.82) is 0 Å². The number of allylic oxidation sites excluding steroid dienone is 5. The zero-order valence-corrected chi connectivity index (χ0v) is 62.1. The zero-order valence-electron chi connectivity index (χ0n) is 62.1. The number of hydrogen-bond acceptors (Lipinski definition) is 13. The van der Waals surface area contributed by atoms with Gasteiger partial charge in [0.25, 0.3) is 0 Å². The van der Waals surface area contributed by atoms with Gasteiger partial charge in [0.1, 0.15) is 48.8 Å². The molecule has 2 fully saturated rings. The quantitative estimate of drug-likeness (QED) is 0.0204. The molecule has 0 aromatic rings. The van der Waals surface area contributed by atoms with E-state index in [1.165, 1.54) is 308 Å². The van der Waals surface area contributed by atoms with Gasteiger partial charge in [-0.15, -0.1) is 0 Å². The monoisotopic (exact) mass is 1360 g/mol. The van der Waals surface area contributed by atoms with Gasteiger partial charge in [0.2, 0.25) is 5.91 Å². The number of rotatable bonds is 70. The Labute approximate surface area is 589 Å². The van der Waals surface area contributed by atoms with Crippen molar-refractivity contribution >= 4 is 5.91 Å². The molecule has 12 unspecified atom stereocenters. The van der Waals surface area contributed by atoms with Gasteiger partial charge in [-0.1, -0.05) is 371 Å². The first-order chi connectivity index (χ1) is 47.1. The van der Waals surface area contributed by atoms with Crippen LogP contribution in [0.5, 0.6) is 0 Å². The maximum Gasteiger partial charge on any atom is 0.220 e. The molecule has 9 N–H and O–H groups in total. The van der Waals surface area contributed by atoms with E-state index < -0.39 is 86.8 Å². The number of aliphatic hydroxyl groups is 8. The van der Waals surface area contributed by atoms with Crippen LogP contribution in [0, 0.1) is 0 Å². The predicted octanol–water partition coefficient (Wildman–Crippen LogP) is 18.8. The fraction of sp³-hybridized carbons (Fsp3) is 0.915. The van der Waals surface area contributed by atoms with Gasteiger partial charge in [0.15, 0.2) is 12.6 Å². The Balaban J connectivity index is 1.61. The third kappa shape index (κ3) is 48.9. The van der Waals surface area contributed by atoms with Crippen LogP contribution in [-0.4, -0.2) is 140 Å². The Hall–Kier alpha value is -1.79. The zero-order chi connectivity index (χ0) is 69.4. The maximum atomic E-state index is 13.4. The molecule has 2 saturated heterocycles. The molecule has 0 aliphatic carbocycles. The van der Waals surface area contributed by atoms with Crippen LogP contribution in [0.1, 0.15) is 386 Å². The van der Waals surface area contributed by atoms with Gasteiger partial charge in [-0.3, -0.25) is 4.79 Å². The van der Waals surface area contributed by atoms with Gasteiger partial charge in [0.05, 0.1) is 32.0 Å². The fourth-order valence-electron chi connectivity index (χ4n) is 13.8. The Morgan fingerprint density at radius 1 is 0.365 bits per heavy atom. The summed E-state index contributed by atoms with van der Waals surface area (Å²) in [7, 11) is 0. The number of unbranched alkanes of at least 4 members (excludes halogenated alkanes) is 53. The van der Waals surface area contributed by atoms with Gasteiger partial charge in [-0.25, -0.2) is 0 Å². The van der Waals surface area contributed by atoms with Gasteiger partial charge in [-0.2, -0.15) is 0 Å². The fourth-order valence-corrected chi connectivity index (χ4v) is 13.8. The third-order valence-corrected chi connectivity index (χ3v) is 20.3. The van der Waals surface area contributed by atoms with Crippen molar-refractivity contribution in [2.75, 3.05) is 19.8 Å². The molecule has 2 rings (SSSR count). The molecule has 0 saturated carbocycles. The summed E-state index contributed by atoms with van der Waals surface area (Å²) in [6.07, 6.45) is 71.1. The van der Waals surface area contributed by atoms with Crippen LogP contribution in [0.4, 0.5) is 0 Å². The smallest absolute Gasteiger partial charge is 0.220 e. The van der Waals surface area contributed by atoms with Crippen molar-refractivity contribution in [2.45, 2.75) is 460 Å². The number of carbonyl (C=O) groups excluding carboxylic acids is 1. The summed E-state index contributed by atoms with van der Waals surface area (Å²) < 4.78 is 22.9. The van der Waals surface area contributed by atoms with Crippen LogP contribution in [-0.2, 0) is 23.7 Å². The highest BCUT2D eigenvalue weighted by atomic mass is 16.7. The molecule has 2 aliphatic heterocycles. The molecule has 12 atom stereocenters. The standard InChI is InChI=1S/C82H155NO13/c1-3-5-7-9-11-13-15-17-19-21-23-25-27-29-31-32-33-34-35-36-37-38-40-42-44-46-48-50-52-54-56-58-60-62-64-66-74(87)83-70(69-93-81-79(92)77(90)80(73(68-85)95-81)96-82-78(91)76(89)75(88)72(67-84)94-82)71(86)65-63-61-59-57-55-53-51-49-47-45-43-41-39-30-28-26-24-22-20-18-16-14-12-10-8-6-4-2/h47,49,55,57,63,65,70-73,75-82,84-86,88-92H,3-46,48,50-54,56,58-62,64,66-69H2,1-2H3,(H,83,87)/b49-47+,57-55+,65-63+. The Morgan fingerprint density at radius 2 is 0.667 bits per heavy atom. The van der Waals surface area contributed by atoms with Crippen molar-refractivity contribution in [3.8, 4) is 0 Å². The van der Waals surface area contributed by atoms with Gasteiger partial charge < -0.3 is 65.1 Å². The molecule has 566 valence electrons. The lowest BCUT2D eigenvalue weighted by Gasteiger charge is -2.46. The topological polar surface area (TPSA) is 228 Å². The molecule has 0 aromatic carbocycles. The second-order valence-electron chi connectivity index (χ2n) is 29.2. The summed E-state index contributed by atoms with van der Waals surface area (Å²) in [5, 5.41) is 87.6. The number of ether oxygens (including phenoxy) is 4. The van der Waals surface area contributed by atoms with E-state index in [4.69, 9.17) is 18.9 Å². The van der Waals surface area contributed by atoms with Crippen LogP contribution < -0.4 is 5.32 Å². The number of hydrogen-bond donors (Lipinski definition) is 9. The summed E-state index contributed by atoms with van der Waals surface area (Å²) in [6, 6.07) is -0.938. The van der Waals surface area contributed by atoms with Crippen LogP contribution in [0.25, 0.3) is 0 Å². The normalized spacial score (nSPS) is 22.4. The molecule has 1 amide bonds. The number of nitrogens with one attached hydrogen (secondary N) is 1. The average Bonchev–Trinajstić information content (AvgIpc) is 0.800. The molecule has 0 radical (unpaired) electrons. The van der Waals surface area contributed by atoms with Crippen molar-refractivity contribution in [3.05, 3.63) is 36.5 Å². The first kappa shape index (κ1) is 90.3. The summed E-state index contributed by atoms with van der Waals surface area (Å²) in [5.74, 6) is -0.245. The molecule has 14 heteroatoms. The molecular weight excluding hydrogens is 1210 g/mol. The highest BCUT2D eigenvalue weighted by Gasteiger charge is 2.51. The average molecular weight is 1360 g/mol. The Morgan fingerprint density at radius 3 is 1.02 bits per heavy atom. The van der Waals surface area contributed by atoms with Crippen LogP contribution in [0.2, 0.25) is 0 Å². The lowest BCUT2D eigenvalue weighted by molar-refractivity contribution is -0.359. The van der Waals surface area contributed by atoms with Crippen molar-refractivity contribution < 1.29 is 64.6 Å². The van der Waals surface area contributed by atoms with E-state index in [2.05, 4.69) is 43.5 Å².